The molecule has 0 unspecified atom stereocenters. The molecule has 4 rings (SSSR count). The van der Waals surface area contributed by atoms with Gasteiger partial charge in [-0.3, -0.25) is 9.59 Å². The third-order valence-electron chi connectivity index (χ3n) is 5.70. The second-order valence-corrected chi connectivity index (χ2v) is 9.54. The molecule has 2 N–H and O–H groups in total. The molecule has 0 amide bonds. The second-order valence-electron chi connectivity index (χ2n) is 8.47. The van der Waals surface area contributed by atoms with Crippen molar-refractivity contribution in [2.75, 3.05) is 6.61 Å². The van der Waals surface area contributed by atoms with Gasteiger partial charge in [0.05, 0.1) is 5.56 Å². The van der Waals surface area contributed by atoms with Crippen LogP contribution in [-0.4, -0.2) is 37.4 Å². The summed E-state index contributed by atoms with van der Waals surface area (Å²) in [6, 6.07) is 2.95. The molecule has 0 aliphatic carbocycles. The van der Waals surface area contributed by atoms with Crippen molar-refractivity contribution < 1.29 is 23.8 Å². The number of Topliss-reactive ketones (excluding diaryl/α,β-unsaturated/α-hetero) is 1. The lowest BCUT2D eigenvalue weighted by atomic mass is 9.76. The lowest BCUT2D eigenvalue weighted by Crippen LogP contribution is -2.38. The van der Waals surface area contributed by atoms with Gasteiger partial charge in [0.2, 0.25) is 5.43 Å². The van der Waals surface area contributed by atoms with Crippen LogP contribution in [0.5, 0.6) is 5.75 Å². The number of fused-ring (bicyclic) bond motifs is 1. The molecule has 168 valence electrons. The first-order valence-electron chi connectivity index (χ1n) is 10.0. The molecule has 0 fully saturated rings. The van der Waals surface area contributed by atoms with Gasteiger partial charge in [0.1, 0.15) is 22.3 Å². The van der Waals surface area contributed by atoms with E-state index in [0.717, 1.165) is 23.5 Å². The normalized spacial score (nSPS) is 17.4. The molecular weight excluding hydrogens is 440 g/mol. The summed E-state index contributed by atoms with van der Waals surface area (Å²) in [6.07, 6.45) is 2.30. The van der Waals surface area contributed by atoms with Crippen molar-refractivity contribution in [1.82, 2.24) is 14.8 Å². The number of aromatic hydroxyl groups is 1. The Morgan fingerprint density at radius 1 is 1.25 bits per heavy atom. The van der Waals surface area contributed by atoms with Crippen LogP contribution in [0.4, 0.5) is 8.78 Å². The SMILES string of the molecule is CC1(C)C[C@@H](CCO)n2cc(-c3nnc(Cc4ccc(F)cc4F)s3)c(=O)c(O)c2C1=O. The van der Waals surface area contributed by atoms with Crippen molar-refractivity contribution >= 4 is 17.1 Å². The number of pyridine rings is 1. The van der Waals surface area contributed by atoms with Gasteiger partial charge in [0.25, 0.3) is 0 Å². The highest BCUT2D eigenvalue weighted by atomic mass is 32.1. The Bertz CT molecular complexity index is 1270. The van der Waals surface area contributed by atoms with Crippen LogP contribution in [0.25, 0.3) is 10.6 Å². The first-order valence-corrected chi connectivity index (χ1v) is 10.8. The fraction of sp³-hybridized carbons (Fsp3) is 0.364. The zero-order valence-corrected chi connectivity index (χ0v) is 18.2. The molecule has 0 spiro atoms. The maximum Gasteiger partial charge on any atom is 0.234 e. The van der Waals surface area contributed by atoms with E-state index in [4.69, 9.17) is 0 Å². The zero-order chi connectivity index (χ0) is 23.2. The summed E-state index contributed by atoms with van der Waals surface area (Å²) in [5.74, 6) is -2.40. The highest BCUT2D eigenvalue weighted by Gasteiger charge is 2.41. The van der Waals surface area contributed by atoms with Crippen LogP contribution < -0.4 is 5.43 Å². The van der Waals surface area contributed by atoms with Crippen LogP contribution in [0.2, 0.25) is 0 Å². The molecule has 1 aromatic carbocycles. The molecule has 0 bridgehead atoms. The predicted octanol–water partition coefficient (Wildman–Crippen LogP) is 3.48. The number of carbonyl (C=O) groups excluding carboxylic acids is 1. The number of hydrogen-bond donors (Lipinski definition) is 2. The molecule has 3 heterocycles. The van der Waals surface area contributed by atoms with Gasteiger partial charge in [-0.05, 0) is 24.5 Å². The lowest BCUT2D eigenvalue weighted by molar-refractivity contribution is 0.0719. The van der Waals surface area contributed by atoms with Crippen molar-refractivity contribution in [3.05, 3.63) is 62.5 Å². The summed E-state index contributed by atoms with van der Waals surface area (Å²) in [4.78, 5) is 25.8. The van der Waals surface area contributed by atoms with E-state index in [-0.39, 0.29) is 46.7 Å². The second kappa shape index (κ2) is 8.18. The molecule has 1 atom stereocenters. The van der Waals surface area contributed by atoms with Crippen LogP contribution in [0, 0.1) is 17.0 Å². The molecule has 0 saturated carbocycles. The van der Waals surface area contributed by atoms with E-state index in [2.05, 4.69) is 10.2 Å². The number of halogens is 2. The highest BCUT2D eigenvalue weighted by molar-refractivity contribution is 7.14. The lowest BCUT2D eigenvalue weighted by Gasteiger charge is -2.37. The predicted molar refractivity (Wildman–Crippen MR) is 114 cm³/mol. The summed E-state index contributed by atoms with van der Waals surface area (Å²) in [5.41, 5.74) is -1.33. The minimum absolute atomic E-state index is 0.0574. The number of benzene rings is 1. The first kappa shape index (κ1) is 22.2. The highest BCUT2D eigenvalue weighted by Crippen LogP contribution is 2.42. The summed E-state index contributed by atoms with van der Waals surface area (Å²) < 4.78 is 28.6. The van der Waals surface area contributed by atoms with Crippen molar-refractivity contribution in [3.63, 3.8) is 0 Å². The Morgan fingerprint density at radius 3 is 2.69 bits per heavy atom. The van der Waals surface area contributed by atoms with Gasteiger partial charge in [-0.25, -0.2) is 8.78 Å². The quantitative estimate of drug-likeness (QED) is 0.603. The number of rotatable bonds is 5. The van der Waals surface area contributed by atoms with E-state index in [1.54, 1.807) is 13.8 Å². The minimum atomic E-state index is -0.791. The van der Waals surface area contributed by atoms with E-state index in [1.807, 2.05) is 0 Å². The number of ketones is 1. The Morgan fingerprint density at radius 2 is 2.00 bits per heavy atom. The standard InChI is InChI=1S/C22H21F2N3O4S/c1-22(2)9-13(5-6-28)27-10-14(18(29)19(30)17(27)20(22)31)21-26-25-16(32-21)7-11-3-4-12(23)8-15(11)24/h3-4,8,10,13,28,30H,5-7,9H2,1-2H3/t13-/m1/s1. The van der Waals surface area contributed by atoms with E-state index in [0.29, 0.717) is 17.8 Å². The van der Waals surface area contributed by atoms with Gasteiger partial charge in [-0.2, -0.15) is 0 Å². The number of nitrogens with zero attached hydrogens (tertiary/aromatic N) is 3. The first-order chi connectivity index (χ1) is 15.1. The molecule has 0 saturated heterocycles. The van der Waals surface area contributed by atoms with Gasteiger partial charge >= 0.3 is 0 Å². The van der Waals surface area contributed by atoms with Gasteiger partial charge in [-0.1, -0.05) is 31.3 Å². The Hall–Kier alpha value is -2.98. The van der Waals surface area contributed by atoms with E-state index < -0.39 is 28.2 Å². The molecule has 32 heavy (non-hydrogen) atoms. The number of carbonyl (C=O) groups is 1. The van der Waals surface area contributed by atoms with Crippen LogP contribution in [0.15, 0.2) is 29.2 Å². The fourth-order valence-electron chi connectivity index (χ4n) is 4.04. The van der Waals surface area contributed by atoms with Gasteiger partial charge in [-0.15, -0.1) is 10.2 Å². The van der Waals surface area contributed by atoms with E-state index in [9.17, 15) is 28.6 Å². The molecule has 3 aromatic rings. The van der Waals surface area contributed by atoms with Crippen molar-refractivity contribution in [3.8, 4) is 16.3 Å². The van der Waals surface area contributed by atoms with Crippen LogP contribution >= 0.6 is 11.3 Å². The Balaban J connectivity index is 1.76. The number of hydrogen-bond acceptors (Lipinski definition) is 7. The van der Waals surface area contributed by atoms with Crippen molar-refractivity contribution in [2.45, 2.75) is 39.2 Å². The smallest absolute Gasteiger partial charge is 0.234 e. The summed E-state index contributed by atoms with van der Waals surface area (Å²) in [6.45, 7) is 3.36. The number of aliphatic hydroxyl groups is 1. The molecule has 2 aromatic heterocycles. The topological polar surface area (TPSA) is 105 Å². The molecular formula is C22H21F2N3O4S. The van der Waals surface area contributed by atoms with Crippen molar-refractivity contribution in [2.24, 2.45) is 5.41 Å². The minimum Gasteiger partial charge on any atom is -0.503 e. The molecule has 1 aliphatic rings. The summed E-state index contributed by atoms with van der Waals surface area (Å²) in [7, 11) is 0. The molecule has 7 nitrogen and oxygen atoms in total. The van der Waals surface area contributed by atoms with E-state index in [1.165, 1.54) is 16.8 Å². The average molecular weight is 461 g/mol. The summed E-state index contributed by atoms with van der Waals surface area (Å²) >= 11 is 1.04. The largest absolute Gasteiger partial charge is 0.503 e. The van der Waals surface area contributed by atoms with Crippen LogP contribution in [0.3, 0.4) is 0 Å². The monoisotopic (exact) mass is 461 g/mol. The van der Waals surface area contributed by atoms with Crippen LogP contribution in [-0.2, 0) is 6.42 Å². The number of aliphatic hydroxyl groups excluding tert-OH is 1. The maximum absolute atomic E-state index is 14.0. The third-order valence-corrected chi connectivity index (χ3v) is 6.65. The zero-order valence-electron chi connectivity index (χ0n) is 17.4. The van der Waals surface area contributed by atoms with Crippen LogP contribution in [0.1, 0.15) is 53.8 Å². The molecule has 0 radical (unpaired) electrons. The third kappa shape index (κ3) is 3.84. The van der Waals surface area contributed by atoms with E-state index >= 15 is 0 Å². The fourth-order valence-corrected chi connectivity index (χ4v) is 4.91. The number of aromatic nitrogens is 3. The Labute approximate surface area is 186 Å². The van der Waals surface area contributed by atoms with Gasteiger partial charge in [0.15, 0.2) is 16.5 Å². The molecule has 1 aliphatic heterocycles. The average Bonchev–Trinajstić information content (AvgIpc) is 3.18. The van der Waals surface area contributed by atoms with Gasteiger partial charge < -0.3 is 14.8 Å². The maximum atomic E-state index is 14.0. The summed E-state index contributed by atoms with van der Waals surface area (Å²) in [5, 5.41) is 28.7. The van der Waals surface area contributed by atoms with Crippen molar-refractivity contribution in [1.29, 1.82) is 0 Å². The Kier molecular flexibility index (Phi) is 5.68. The van der Waals surface area contributed by atoms with Gasteiger partial charge in [0, 0.05) is 36.7 Å². The molecule has 10 heteroatoms.